The predicted octanol–water partition coefficient (Wildman–Crippen LogP) is 0.150. The zero-order valence-electron chi connectivity index (χ0n) is 10.2. The van der Waals surface area contributed by atoms with E-state index in [0.29, 0.717) is 26.2 Å². The van der Waals surface area contributed by atoms with Crippen LogP contribution in [-0.2, 0) is 14.3 Å². The van der Waals surface area contributed by atoms with Crippen molar-refractivity contribution >= 4 is 11.8 Å². The Morgan fingerprint density at radius 3 is 2.75 bits per heavy atom. The van der Waals surface area contributed by atoms with Crippen molar-refractivity contribution in [3.63, 3.8) is 0 Å². The van der Waals surface area contributed by atoms with Gasteiger partial charge in [0.2, 0.25) is 11.8 Å². The molecule has 1 fully saturated rings. The molecule has 0 saturated carbocycles. The molecule has 1 aliphatic rings. The number of piperazine rings is 1. The Balaban J connectivity index is 2.49. The van der Waals surface area contributed by atoms with E-state index in [4.69, 9.17) is 4.74 Å². The highest BCUT2D eigenvalue weighted by molar-refractivity contribution is 6.02. The fourth-order valence-corrected chi connectivity index (χ4v) is 1.61. The van der Waals surface area contributed by atoms with Gasteiger partial charge in [-0.3, -0.25) is 19.8 Å². The molecule has 0 radical (unpaired) electrons. The lowest BCUT2D eigenvalue weighted by molar-refractivity contribution is -0.152. The largest absolute Gasteiger partial charge is 0.382 e. The molecule has 1 heterocycles. The van der Waals surface area contributed by atoms with E-state index in [1.54, 1.807) is 13.8 Å². The predicted molar refractivity (Wildman–Crippen MR) is 59.9 cm³/mol. The number of carbonyl (C=O) groups is 2. The first kappa shape index (κ1) is 13.1. The second-order valence-corrected chi connectivity index (χ2v) is 4.38. The molecule has 1 N–H and O–H groups in total. The van der Waals surface area contributed by atoms with Gasteiger partial charge in [0.05, 0.1) is 12.1 Å². The summed E-state index contributed by atoms with van der Waals surface area (Å²) in [5.41, 5.74) is -0.639. The SMILES string of the molecule is CCOCCCN1C(=O)CNC(C)(C)C1=O. The smallest absolute Gasteiger partial charge is 0.248 e. The summed E-state index contributed by atoms with van der Waals surface area (Å²) in [7, 11) is 0. The number of ether oxygens (including phenoxy) is 1. The normalized spacial score (nSPS) is 20.3. The van der Waals surface area contributed by atoms with Crippen molar-refractivity contribution in [1.82, 2.24) is 10.2 Å². The maximum atomic E-state index is 11.9. The quantitative estimate of drug-likeness (QED) is 0.537. The van der Waals surface area contributed by atoms with Gasteiger partial charge >= 0.3 is 0 Å². The Hall–Kier alpha value is -0.940. The minimum Gasteiger partial charge on any atom is -0.382 e. The molecule has 0 bridgehead atoms. The van der Waals surface area contributed by atoms with Crippen molar-refractivity contribution in [3.05, 3.63) is 0 Å². The average Bonchev–Trinajstić information content (AvgIpc) is 2.24. The Bertz CT molecular complexity index is 276. The molecule has 0 aromatic rings. The summed E-state index contributed by atoms with van der Waals surface area (Å²) in [6.45, 7) is 7.42. The summed E-state index contributed by atoms with van der Waals surface area (Å²) >= 11 is 0. The van der Waals surface area contributed by atoms with Gasteiger partial charge in [0.15, 0.2) is 0 Å². The molecular weight excluding hydrogens is 208 g/mol. The fraction of sp³-hybridized carbons (Fsp3) is 0.818. The molecule has 0 spiro atoms. The van der Waals surface area contributed by atoms with E-state index in [1.165, 1.54) is 4.90 Å². The zero-order chi connectivity index (χ0) is 12.2. The minimum atomic E-state index is -0.639. The number of rotatable bonds is 5. The van der Waals surface area contributed by atoms with Gasteiger partial charge in [0.25, 0.3) is 0 Å². The van der Waals surface area contributed by atoms with Crippen LogP contribution in [0.15, 0.2) is 0 Å². The molecule has 5 heteroatoms. The van der Waals surface area contributed by atoms with Crippen molar-refractivity contribution in [2.45, 2.75) is 32.7 Å². The highest BCUT2D eigenvalue weighted by Gasteiger charge is 2.39. The van der Waals surface area contributed by atoms with Crippen LogP contribution in [-0.4, -0.2) is 48.6 Å². The van der Waals surface area contributed by atoms with Gasteiger partial charge in [-0.05, 0) is 27.2 Å². The number of nitrogens with zero attached hydrogens (tertiary/aromatic N) is 1. The van der Waals surface area contributed by atoms with E-state index >= 15 is 0 Å². The molecule has 5 nitrogen and oxygen atoms in total. The number of carbonyl (C=O) groups excluding carboxylic acids is 2. The van der Waals surface area contributed by atoms with Gasteiger partial charge in [0, 0.05) is 19.8 Å². The molecule has 16 heavy (non-hydrogen) atoms. The molecule has 1 saturated heterocycles. The molecule has 1 aliphatic heterocycles. The summed E-state index contributed by atoms with van der Waals surface area (Å²) < 4.78 is 5.18. The van der Waals surface area contributed by atoms with Crippen LogP contribution in [0.25, 0.3) is 0 Å². The number of amides is 2. The fourth-order valence-electron chi connectivity index (χ4n) is 1.61. The third-order valence-corrected chi connectivity index (χ3v) is 2.64. The van der Waals surface area contributed by atoms with E-state index in [2.05, 4.69) is 5.32 Å². The molecule has 2 amide bonds. The summed E-state index contributed by atoms with van der Waals surface area (Å²) in [5.74, 6) is -0.305. The monoisotopic (exact) mass is 228 g/mol. The lowest BCUT2D eigenvalue weighted by Crippen LogP contribution is -2.63. The summed E-state index contributed by atoms with van der Waals surface area (Å²) in [4.78, 5) is 24.8. The van der Waals surface area contributed by atoms with Gasteiger partial charge in [-0.15, -0.1) is 0 Å². The van der Waals surface area contributed by atoms with Crippen molar-refractivity contribution in [3.8, 4) is 0 Å². The van der Waals surface area contributed by atoms with Crippen molar-refractivity contribution in [2.75, 3.05) is 26.3 Å². The zero-order valence-corrected chi connectivity index (χ0v) is 10.2. The van der Waals surface area contributed by atoms with Crippen molar-refractivity contribution in [2.24, 2.45) is 0 Å². The lowest BCUT2D eigenvalue weighted by Gasteiger charge is -2.36. The van der Waals surface area contributed by atoms with E-state index in [1.807, 2.05) is 6.92 Å². The Kier molecular flexibility index (Phi) is 4.44. The lowest BCUT2D eigenvalue weighted by atomic mass is 10.0. The standard InChI is InChI=1S/C11H20N2O3/c1-4-16-7-5-6-13-9(14)8-12-11(2,3)10(13)15/h12H,4-8H2,1-3H3. The van der Waals surface area contributed by atoms with E-state index in [0.717, 1.165) is 0 Å². The molecule has 0 unspecified atom stereocenters. The number of nitrogens with one attached hydrogen (secondary N) is 1. The first-order chi connectivity index (χ1) is 7.49. The second kappa shape index (κ2) is 5.41. The number of hydrogen-bond donors (Lipinski definition) is 1. The van der Waals surface area contributed by atoms with Crippen LogP contribution < -0.4 is 5.32 Å². The van der Waals surface area contributed by atoms with Gasteiger partial charge in [-0.1, -0.05) is 0 Å². The van der Waals surface area contributed by atoms with Crippen LogP contribution in [0.1, 0.15) is 27.2 Å². The summed E-state index contributed by atoms with van der Waals surface area (Å²) in [5, 5.41) is 2.92. The van der Waals surface area contributed by atoms with Crippen LogP contribution in [0.3, 0.4) is 0 Å². The van der Waals surface area contributed by atoms with Crippen molar-refractivity contribution in [1.29, 1.82) is 0 Å². The molecule has 0 aromatic heterocycles. The summed E-state index contributed by atoms with van der Waals surface area (Å²) in [6, 6.07) is 0. The highest BCUT2D eigenvalue weighted by atomic mass is 16.5. The van der Waals surface area contributed by atoms with Crippen LogP contribution in [0.2, 0.25) is 0 Å². The average molecular weight is 228 g/mol. The van der Waals surface area contributed by atoms with Gasteiger partial charge in [-0.25, -0.2) is 0 Å². The maximum absolute atomic E-state index is 11.9. The van der Waals surface area contributed by atoms with E-state index in [9.17, 15) is 9.59 Å². The maximum Gasteiger partial charge on any atom is 0.248 e. The topological polar surface area (TPSA) is 58.6 Å². The minimum absolute atomic E-state index is 0.152. The highest BCUT2D eigenvalue weighted by Crippen LogP contribution is 2.13. The van der Waals surface area contributed by atoms with Crippen LogP contribution in [0.4, 0.5) is 0 Å². The van der Waals surface area contributed by atoms with Gasteiger partial charge in [-0.2, -0.15) is 0 Å². The molecule has 1 rings (SSSR count). The Morgan fingerprint density at radius 1 is 1.44 bits per heavy atom. The molecule has 0 atom stereocenters. The van der Waals surface area contributed by atoms with E-state index in [-0.39, 0.29) is 18.4 Å². The van der Waals surface area contributed by atoms with E-state index < -0.39 is 5.54 Å². The molecule has 0 aromatic carbocycles. The van der Waals surface area contributed by atoms with Crippen LogP contribution in [0.5, 0.6) is 0 Å². The van der Waals surface area contributed by atoms with Gasteiger partial charge < -0.3 is 4.74 Å². The first-order valence-electron chi connectivity index (χ1n) is 5.66. The van der Waals surface area contributed by atoms with Gasteiger partial charge in [0.1, 0.15) is 0 Å². The summed E-state index contributed by atoms with van der Waals surface area (Å²) in [6.07, 6.45) is 0.696. The molecule has 92 valence electrons. The number of imide groups is 1. The number of hydrogen-bond acceptors (Lipinski definition) is 4. The third-order valence-electron chi connectivity index (χ3n) is 2.64. The van der Waals surface area contributed by atoms with Crippen LogP contribution in [0, 0.1) is 0 Å². The Labute approximate surface area is 96.1 Å². The molecule has 0 aliphatic carbocycles. The van der Waals surface area contributed by atoms with Crippen LogP contribution >= 0.6 is 0 Å². The van der Waals surface area contributed by atoms with Crippen molar-refractivity contribution < 1.29 is 14.3 Å². The first-order valence-corrected chi connectivity index (χ1v) is 5.66. The Morgan fingerprint density at radius 2 is 2.12 bits per heavy atom. The second-order valence-electron chi connectivity index (χ2n) is 4.38. The molecular formula is C11H20N2O3. The third kappa shape index (κ3) is 3.02.